The molecule has 0 amide bonds. The summed E-state index contributed by atoms with van der Waals surface area (Å²) < 4.78 is 12.2. The van der Waals surface area contributed by atoms with Crippen molar-refractivity contribution in [3.05, 3.63) is 64.4 Å². The van der Waals surface area contributed by atoms with Crippen molar-refractivity contribution in [2.45, 2.75) is 52.2 Å². The molecule has 2 aromatic carbocycles. The standard InChI is InChI=1S/C25H26O6/c1-13(2)5-10-16-22(28)21-18(27)12-19(14-6-8-15(26)9-7-14)30-24(21)17-11-20(25(3,4)29)31-23(16)17/h5-9,11,19,26,28-29H,10,12H2,1-4H3/t19-/m0/s1. The molecule has 0 saturated heterocycles. The van der Waals surface area contributed by atoms with Crippen molar-refractivity contribution in [2.75, 3.05) is 0 Å². The number of allylic oxidation sites excluding steroid dienone is 2. The number of Topliss-reactive ketones (excluding diaryl/α,β-unsaturated/α-hetero) is 1. The predicted molar refractivity (Wildman–Crippen MR) is 117 cm³/mol. The van der Waals surface area contributed by atoms with Gasteiger partial charge in [0.05, 0.1) is 11.8 Å². The Morgan fingerprint density at radius 2 is 1.87 bits per heavy atom. The maximum absolute atomic E-state index is 13.1. The molecule has 0 radical (unpaired) electrons. The Bertz CT molecular complexity index is 1190. The lowest BCUT2D eigenvalue weighted by Crippen LogP contribution is -2.21. The van der Waals surface area contributed by atoms with E-state index in [0.29, 0.717) is 28.7 Å². The van der Waals surface area contributed by atoms with Crippen LogP contribution in [0.4, 0.5) is 0 Å². The van der Waals surface area contributed by atoms with Crippen LogP contribution in [0.1, 0.15) is 67.5 Å². The third-order valence-corrected chi connectivity index (χ3v) is 5.49. The van der Waals surface area contributed by atoms with Gasteiger partial charge < -0.3 is 24.5 Å². The normalized spacial score (nSPS) is 16.2. The van der Waals surface area contributed by atoms with Crippen molar-refractivity contribution in [1.29, 1.82) is 0 Å². The minimum atomic E-state index is -1.25. The van der Waals surface area contributed by atoms with Crippen molar-refractivity contribution in [3.63, 3.8) is 0 Å². The molecule has 1 aliphatic rings. The number of phenolic OH excluding ortho intramolecular Hbond substituents is 2. The second-order valence-electron chi connectivity index (χ2n) is 8.75. The largest absolute Gasteiger partial charge is 0.508 e. The highest BCUT2D eigenvalue weighted by atomic mass is 16.5. The number of ketones is 1. The molecule has 0 saturated carbocycles. The number of carbonyl (C=O) groups excluding carboxylic acids is 1. The van der Waals surface area contributed by atoms with Crippen LogP contribution in [0.5, 0.6) is 17.2 Å². The van der Waals surface area contributed by atoms with Gasteiger partial charge in [0.1, 0.15) is 45.9 Å². The number of aromatic hydroxyl groups is 2. The number of benzene rings is 2. The number of hydrogen-bond donors (Lipinski definition) is 3. The van der Waals surface area contributed by atoms with E-state index in [2.05, 4.69) is 0 Å². The van der Waals surface area contributed by atoms with Gasteiger partial charge in [-0.25, -0.2) is 0 Å². The van der Waals surface area contributed by atoms with Crippen LogP contribution in [0.25, 0.3) is 11.0 Å². The number of rotatable bonds is 4. The van der Waals surface area contributed by atoms with Crippen molar-refractivity contribution in [3.8, 4) is 17.2 Å². The highest BCUT2D eigenvalue weighted by molar-refractivity contribution is 6.09. The zero-order chi connectivity index (χ0) is 22.5. The first-order valence-electron chi connectivity index (χ1n) is 10.2. The molecule has 0 unspecified atom stereocenters. The van der Waals surface area contributed by atoms with E-state index in [1.54, 1.807) is 44.2 Å². The van der Waals surface area contributed by atoms with E-state index < -0.39 is 11.7 Å². The van der Waals surface area contributed by atoms with E-state index >= 15 is 0 Å². The van der Waals surface area contributed by atoms with Gasteiger partial charge in [0, 0.05) is 5.56 Å². The van der Waals surface area contributed by atoms with Crippen LogP contribution in [0.15, 0.2) is 46.4 Å². The molecule has 6 nitrogen and oxygen atoms in total. The number of hydrogen-bond acceptors (Lipinski definition) is 6. The Morgan fingerprint density at radius 1 is 1.19 bits per heavy atom. The Labute approximate surface area is 180 Å². The molecule has 1 aliphatic heterocycles. The van der Waals surface area contributed by atoms with Gasteiger partial charge in [0.15, 0.2) is 5.78 Å². The maximum Gasteiger partial charge on any atom is 0.174 e. The van der Waals surface area contributed by atoms with Gasteiger partial charge in [-0.3, -0.25) is 4.79 Å². The number of aliphatic hydroxyl groups is 1. The lowest BCUT2D eigenvalue weighted by Gasteiger charge is -2.27. The van der Waals surface area contributed by atoms with Gasteiger partial charge in [-0.05, 0) is 57.9 Å². The number of ether oxygens (including phenoxy) is 1. The van der Waals surface area contributed by atoms with E-state index in [1.807, 2.05) is 19.9 Å². The molecule has 3 aromatic rings. The van der Waals surface area contributed by atoms with E-state index in [1.165, 1.54) is 0 Å². The topological polar surface area (TPSA) is 100 Å². The molecule has 4 rings (SSSR count). The smallest absolute Gasteiger partial charge is 0.174 e. The van der Waals surface area contributed by atoms with Gasteiger partial charge in [-0.15, -0.1) is 0 Å². The van der Waals surface area contributed by atoms with Crippen LogP contribution in [0.2, 0.25) is 0 Å². The van der Waals surface area contributed by atoms with Crippen molar-refractivity contribution >= 4 is 16.8 Å². The summed E-state index contributed by atoms with van der Waals surface area (Å²) in [6.45, 7) is 7.12. The van der Waals surface area contributed by atoms with Crippen LogP contribution >= 0.6 is 0 Å². The summed E-state index contributed by atoms with van der Waals surface area (Å²) in [6.07, 6.45) is 1.83. The second-order valence-corrected chi connectivity index (χ2v) is 8.75. The number of carbonyl (C=O) groups is 1. The van der Waals surface area contributed by atoms with Gasteiger partial charge in [-0.1, -0.05) is 23.8 Å². The van der Waals surface area contributed by atoms with Gasteiger partial charge >= 0.3 is 0 Å². The summed E-state index contributed by atoms with van der Waals surface area (Å²) in [4.78, 5) is 13.1. The number of phenols is 2. The van der Waals surface area contributed by atoms with Crippen molar-refractivity contribution in [1.82, 2.24) is 0 Å². The number of furan rings is 1. The summed E-state index contributed by atoms with van der Waals surface area (Å²) in [5.41, 5.74) is 1.58. The van der Waals surface area contributed by atoms with Crippen LogP contribution in [-0.4, -0.2) is 21.1 Å². The van der Waals surface area contributed by atoms with Crippen LogP contribution in [-0.2, 0) is 12.0 Å². The molecule has 6 heteroatoms. The quantitative estimate of drug-likeness (QED) is 0.494. The van der Waals surface area contributed by atoms with Crippen LogP contribution in [0.3, 0.4) is 0 Å². The molecule has 0 fully saturated rings. The fraction of sp³-hybridized carbons (Fsp3) is 0.320. The van der Waals surface area contributed by atoms with Crippen LogP contribution < -0.4 is 4.74 Å². The van der Waals surface area contributed by atoms with E-state index in [-0.39, 0.29) is 35.0 Å². The average Bonchev–Trinajstić information content (AvgIpc) is 3.13. The molecular formula is C25H26O6. The van der Waals surface area contributed by atoms with E-state index in [4.69, 9.17) is 9.15 Å². The molecule has 162 valence electrons. The molecule has 0 aliphatic carbocycles. The van der Waals surface area contributed by atoms with Crippen molar-refractivity contribution in [2.24, 2.45) is 0 Å². The first-order valence-corrected chi connectivity index (χ1v) is 10.2. The fourth-order valence-electron chi connectivity index (χ4n) is 3.79. The third-order valence-electron chi connectivity index (χ3n) is 5.49. The summed E-state index contributed by atoms with van der Waals surface area (Å²) in [5, 5.41) is 31.6. The summed E-state index contributed by atoms with van der Waals surface area (Å²) >= 11 is 0. The zero-order valence-electron chi connectivity index (χ0n) is 18.0. The SMILES string of the molecule is CC(C)=CCc1c(O)c2c(c3cc(C(C)(C)O)oc13)O[C@H](c1ccc(O)cc1)CC2=O. The highest BCUT2D eigenvalue weighted by Crippen LogP contribution is 2.48. The van der Waals surface area contributed by atoms with Crippen LogP contribution in [0, 0.1) is 0 Å². The Hall–Kier alpha value is -3.25. The summed E-state index contributed by atoms with van der Waals surface area (Å²) in [7, 11) is 0. The highest BCUT2D eigenvalue weighted by Gasteiger charge is 2.36. The summed E-state index contributed by atoms with van der Waals surface area (Å²) in [5.74, 6) is 0.312. The van der Waals surface area contributed by atoms with E-state index in [0.717, 1.165) is 11.1 Å². The average molecular weight is 422 g/mol. The molecule has 1 atom stereocenters. The fourth-order valence-corrected chi connectivity index (χ4v) is 3.79. The molecule has 31 heavy (non-hydrogen) atoms. The lowest BCUT2D eigenvalue weighted by molar-refractivity contribution is 0.0558. The van der Waals surface area contributed by atoms with Gasteiger partial charge in [-0.2, -0.15) is 0 Å². The molecule has 0 bridgehead atoms. The first-order chi connectivity index (χ1) is 14.6. The Morgan fingerprint density at radius 3 is 2.48 bits per heavy atom. The molecular weight excluding hydrogens is 396 g/mol. The zero-order valence-corrected chi connectivity index (χ0v) is 18.0. The predicted octanol–water partition coefficient (Wildman–Crippen LogP) is 5.29. The Balaban J connectivity index is 1.93. The van der Waals surface area contributed by atoms with Crippen molar-refractivity contribution < 1.29 is 29.3 Å². The second kappa shape index (κ2) is 7.46. The number of fused-ring (bicyclic) bond motifs is 3. The lowest BCUT2D eigenvalue weighted by atomic mass is 9.91. The maximum atomic E-state index is 13.1. The monoisotopic (exact) mass is 422 g/mol. The van der Waals surface area contributed by atoms with E-state index in [9.17, 15) is 20.1 Å². The third kappa shape index (κ3) is 3.79. The summed E-state index contributed by atoms with van der Waals surface area (Å²) in [6, 6.07) is 8.16. The molecule has 0 spiro atoms. The minimum absolute atomic E-state index is 0.0646. The Kier molecular flexibility index (Phi) is 5.06. The first kappa shape index (κ1) is 21.0. The molecule has 3 N–H and O–H groups in total. The molecule has 1 aromatic heterocycles. The van der Waals surface area contributed by atoms with Gasteiger partial charge in [0.2, 0.25) is 0 Å². The molecule has 2 heterocycles. The minimum Gasteiger partial charge on any atom is -0.508 e. The van der Waals surface area contributed by atoms with Gasteiger partial charge in [0.25, 0.3) is 0 Å².